The highest BCUT2D eigenvalue weighted by atomic mass is 19.4. The van der Waals surface area contributed by atoms with Crippen LogP contribution in [0.3, 0.4) is 0 Å². The minimum absolute atomic E-state index is 0.364. The predicted molar refractivity (Wildman–Crippen MR) is 92.7 cm³/mol. The molecule has 5 rings (SSSR count). The van der Waals surface area contributed by atoms with E-state index in [9.17, 15) is 13.2 Å². The van der Waals surface area contributed by atoms with Gasteiger partial charge in [0, 0.05) is 22.6 Å². The Morgan fingerprint density at radius 2 is 1.73 bits per heavy atom. The van der Waals surface area contributed by atoms with Gasteiger partial charge in [0.2, 0.25) is 0 Å². The molecule has 0 unspecified atom stereocenters. The van der Waals surface area contributed by atoms with Crippen LogP contribution in [0.2, 0.25) is 0 Å². The molecular weight excluding hydrogens is 339 g/mol. The molecule has 1 fully saturated rings. The molecule has 2 heterocycles. The number of aromatic nitrogens is 1. The van der Waals surface area contributed by atoms with Gasteiger partial charge in [0.1, 0.15) is 17.2 Å². The van der Waals surface area contributed by atoms with Crippen LogP contribution < -0.4 is 4.74 Å². The topological polar surface area (TPSA) is 22.1 Å². The van der Waals surface area contributed by atoms with Crippen LogP contribution in [0.1, 0.15) is 29.7 Å². The quantitative estimate of drug-likeness (QED) is 0.558. The first-order chi connectivity index (χ1) is 12.4. The summed E-state index contributed by atoms with van der Waals surface area (Å²) >= 11 is 0. The normalized spacial score (nSPS) is 17.6. The van der Waals surface area contributed by atoms with Gasteiger partial charge in [-0.25, -0.2) is 0 Å². The van der Waals surface area contributed by atoms with Crippen molar-refractivity contribution in [2.75, 3.05) is 0 Å². The van der Waals surface area contributed by atoms with E-state index in [2.05, 4.69) is 4.98 Å². The van der Waals surface area contributed by atoms with Gasteiger partial charge in [0.15, 0.2) is 0 Å². The number of rotatable bonds is 1. The lowest BCUT2D eigenvalue weighted by molar-refractivity contribution is -0.137. The molecule has 1 aliphatic heterocycles. The summed E-state index contributed by atoms with van der Waals surface area (Å²) in [6.07, 6.45) is 1.02. The minimum atomic E-state index is -4.35. The number of benzene rings is 2. The van der Waals surface area contributed by atoms with Gasteiger partial charge in [-0.1, -0.05) is 24.3 Å². The van der Waals surface area contributed by atoms with Gasteiger partial charge in [-0.15, -0.1) is 0 Å². The largest absolute Gasteiger partial charge is 0.455 e. The van der Waals surface area contributed by atoms with Gasteiger partial charge in [-0.05, 0) is 48.6 Å². The molecule has 1 saturated carbocycles. The van der Waals surface area contributed by atoms with E-state index in [4.69, 9.17) is 4.74 Å². The summed E-state index contributed by atoms with van der Waals surface area (Å²) in [7, 11) is 0. The van der Waals surface area contributed by atoms with E-state index in [1.165, 1.54) is 12.1 Å². The van der Waals surface area contributed by atoms with E-state index in [0.29, 0.717) is 22.8 Å². The fourth-order valence-corrected chi connectivity index (χ4v) is 3.55. The Hall–Kier alpha value is -2.82. The first-order valence-electron chi connectivity index (χ1n) is 8.42. The minimum Gasteiger partial charge on any atom is -0.455 e. The average molecular weight is 353 g/mol. The van der Waals surface area contributed by atoms with Crippen LogP contribution in [0.15, 0.2) is 60.8 Å². The highest BCUT2D eigenvalue weighted by Crippen LogP contribution is 2.57. The van der Waals surface area contributed by atoms with Crippen LogP contribution >= 0.6 is 0 Å². The lowest BCUT2D eigenvalue weighted by atomic mass is 9.90. The molecule has 130 valence electrons. The number of pyridine rings is 1. The van der Waals surface area contributed by atoms with Crippen molar-refractivity contribution >= 4 is 16.5 Å². The maximum atomic E-state index is 13.1. The molecule has 1 aliphatic carbocycles. The molecule has 3 aromatic rings. The Kier molecular flexibility index (Phi) is 3.03. The van der Waals surface area contributed by atoms with E-state index < -0.39 is 11.7 Å². The van der Waals surface area contributed by atoms with Crippen molar-refractivity contribution in [2.45, 2.75) is 24.4 Å². The second-order valence-electron chi connectivity index (χ2n) is 6.89. The number of allylic oxidation sites excluding steroid dienone is 1. The zero-order valence-electron chi connectivity index (χ0n) is 13.7. The van der Waals surface area contributed by atoms with Crippen molar-refractivity contribution in [3.8, 4) is 5.75 Å². The van der Waals surface area contributed by atoms with Gasteiger partial charge in [-0.2, -0.15) is 13.2 Å². The van der Waals surface area contributed by atoms with Crippen molar-refractivity contribution in [1.82, 2.24) is 4.98 Å². The predicted octanol–water partition coefficient (Wildman–Crippen LogP) is 5.72. The summed E-state index contributed by atoms with van der Waals surface area (Å²) in [6.45, 7) is 0. The van der Waals surface area contributed by atoms with Crippen molar-refractivity contribution < 1.29 is 17.9 Å². The maximum absolute atomic E-state index is 13.1. The molecule has 2 aromatic carbocycles. The van der Waals surface area contributed by atoms with Crippen LogP contribution in [0.4, 0.5) is 13.2 Å². The van der Waals surface area contributed by atoms with Crippen LogP contribution in [0, 0.1) is 0 Å². The molecule has 0 bridgehead atoms. The second-order valence-corrected chi connectivity index (χ2v) is 6.89. The molecule has 5 heteroatoms. The highest BCUT2D eigenvalue weighted by molar-refractivity contribution is 5.84. The van der Waals surface area contributed by atoms with Gasteiger partial charge in [0.25, 0.3) is 0 Å². The summed E-state index contributed by atoms with van der Waals surface area (Å²) < 4.78 is 45.1. The standard InChI is InChI=1S/C21H14F3NO/c22-21(23,24)15-5-6-18-16(10-15)20(7-8-20)11-19(26-18)17-9-13-3-1-2-4-14(13)12-25-17/h1-6,9-12H,7-8H2. The molecule has 0 N–H and O–H groups in total. The lowest BCUT2D eigenvalue weighted by Gasteiger charge is -2.25. The van der Waals surface area contributed by atoms with Crippen LogP contribution in [-0.2, 0) is 11.6 Å². The number of halogens is 3. The summed E-state index contributed by atoms with van der Waals surface area (Å²) in [5.74, 6) is 1.10. The summed E-state index contributed by atoms with van der Waals surface area (Å²) in [6, 6.07) is 13.6. The van der Waals surface area contributed by atoms with Crippen molar-refractivity contribution in [2.24, 2.45) is 0 Å². The van der Waals surface area contributed by atoms with E-state index in [0.717, 1.165) is 29.7 Å². The van der Waals surface area contributed by atoms with Gasteiger partial charge in [-0.3, -0.25) is 4.98 Å². The Labute approximate surface area is 147 Å². The van der Waals surface area contributed by atoms with Gasteiger partial charge >= 0.3 is 6.18 Å². The third kappa shape index (κ3) is 2.38. The molecule has 0 amide bonds. The number of hydrogen-bond donors (Lipinski definition) is 0. The first kappa shape index (κ1) is 15.4. The van der Waals surface area contributed by atoms with Crippen molar-refractivity contribution in [1.29, 1.82) is 0 Å². The number of hydrogen-bond acceptors (Lipinski definition) is 2. The zero-order chi connectivity index (χ0) is 17.9. The van der Waals surface area contributed by atoms with Crippen molar-refractivity contribution in [3.63, 3.8) is 0 Å². The molecular formula is C21H14F3NO. The van der Waals surface area contributed by atoms with E-state index >= 15 is 0 Å². The van der Waals surface area contributed by atoms with Crippen LogP contribution in [0.5, 0.6) is 5.75 Å². The number of nitrogens with zero attached hydrogens (tertiary/aromatic N) is 1. The van der Waals surface area contributed by atoms with Crippen LogP contribution in [0.25, 0.3) is 16.5 Å². The average Bonchev–Trinajstić information content (AvgIpc) is 3.40. The molecule has 26 heavy (non-hydrogen) atoms. The third-order valence-electron chi connectivity index (χ3n) is 5.14. The number of ether oxygens (including phenoxy) is 1. The van der Waals surface area contributed by atoms with Gasteiger partial charge in [0.05, 0.1) is 5.56 Å². The molecule has 0 saturated heterocycles. The van der Waals surface area contributed by atoms with E-state index in [1.807, 2.05) is 36.4 Å². The smallest absolute Gasteiger partial charge is 0.416 e. The highest BCUT2D eigenvalue weighted by Gasteiger charge is 2.48. The molecule has 2 nitrogen and oxygen atoms in total. The lowest BCUT2D eigenvalue weighted by Crippen LogP contribution is -2.16. The second kappa shape index (κ2) is 5.10. The SMILES string of the molecule is FC(F)(F)c1ccc2c(c1)C1(C=C(c3cc4ccccc4cn3)O2)CC1. The summed E-state index contributed by atoms with van der Waals surface area (Å²) in [4.78, 5) is 4.48. The Morgan fingerprint density at radius 1 is 0.962 bits per heavy atom. The molecule has 1 aromatic heterocycles. The molecule has 1 spiro atoms. The van der Waals surface area contributed by atoms with E-state index in [1.54, 1.807) is 6.20 Å². The fourth-order valence-electron chi connectivity index (χ4n) is 3.55. The van der Waals surface area contributed by atoms with Crippen molar-refractivity contribution in [3.05, 3.63) is 77.6 Å². The maximum Gasteiger partial charge on any atom is 0.416 e. The first-order valence-corrected chi connectivity index (χ1v) is 8.42. The molecule has 2 aliphatic rings. The fraction of sp³-hybridized carbons (Fsp3) is 0.190. The monoisotopic (exact) mass is 353 g/mol. The third-order valence-corrected chi connectivity index (χ3v) is 5.14. The van der Waals surface area contributed by atoms with E-state index in [-0.39, 0.29) is 5.41 Å². The summed E-state index contributed by atoms with van der Waals surface area (Å²) in [5.41, 5.74) is 0.321. The summed E-state index contributed by atoms with van der Waals surface area (Å²) in [5, 5.41) is 2.08. The zero-order valence-corrected chi connectivity index (χ0v) is 13.7. The number of fused-ring (bicyclic) bond motifs is 3. The number of alkyl halides is 3. The Balaban J connectivity index is 1.59. The van der Waals surface area contributed by atoms with Gasteiger partial charge < -0.3 is 4.74 Å². The molecule has 0 radical (unpaired) electrons. The molecule has 0 atom stereocenters. The Bertz CT molecular complexity index is 1060. The Morgan fingerprint density at radius 3 is 2.46 bits per heavy atom. The van der Waals surface area contributed by atoms with Crippen LogP contribution in [-0.4, -0.2) is 4.98 Å².